The van der Waals surface area contributed by atoms with Crippen LogP contribution in [-0.2, 0) is 0 Å². The first-order valence-corrected chi connectivity index (χ1v) is 6.85. The van der Waals surface area contributed by atoms with E-state index in [2.05, 4.69) is 5.32 Å². The van der Waals surface area contributed by atoms with Crippen LogP contribution in [0.1, 0.15) is 38.5 Å². The summed E-state index contributed by atoms with van der Waals surface area (Å²) in [6.07, 6.45) is 7.56. The van der Waals surface area contributed by atoms with Crippen LogP contribution in [0.2, 0.25) is 0 Å². The van der Waals surface area contributed by atoms with Gasteiger partial charge in [0.25, 0.3) is 0 Å². The minimum Gasteiger partial charge on any atom is -0.327 e. The topological polar surface area (TPSA) is 38.0 Å². The maximum atomic E-state index is 6.44. The standard InChI is InChI=1S/C12H21ClN2/c13-7-4-5-11-9(6-7)12(14)8-2-1-3-10(8)15-11/h7-12,15H,1-6,14H2. The van der Waals surface area contributed by atoms with Crippen molar-refractivity contribution in [1.29, 1.82) is 0 Å². The number of hydrogen-bond donors (Lipinski definition) is 2. The van der Waals surface area contributed by atoms with Crippen molar-refractivity contribution in [3.05, 3.63) is 0 Å². The van der Waals surface area contributed by atoms with E-state index in [1.54, 1.807) is 0 Å². The highest BCUT2D eigenvalue weighted by Gasteiger charge is 2.46. The fraction of sp³-hybridized carbons (Fsp3) is 1.00. The molecular weight excluding hydrogens is 208 g/mol. The van der Waals surface area contributed by atoms with E-state index >= 15 is 0 Å². The van der Waals surface area contributed by atoms with Crippen molar-refractivity contribution in [2.75, 3.05) is 0 Å². The third-order valence-electron chi connectivity index (χ3n) is 4.82. The highest BCUT2D eigenvalue weighted by atomic mass is 35.5. The second-order valence-corrected chi connectivity index (χ2v) is 6.24. The lowest BCUT2D eigenvalue weighted by molar-refractivity contribution is 0.113. The molecule has 3 heteroatoms. The molecule has 86 valence electrons. The molecule has 0 spiro atoms. The number of nitrogens with two attached hydrogens (primary N) is 1. The number of hydrogen-bond acceptors (Lipinski definition) is 2. The van der Waals surface area contributed by atoms with Crippen LogP contribution in [0.25, 0.3) is 0 Å². The summed E-state index contributed by atoms with van der Waals surface area (Å²) in [6.45, 7) is 0. The first-order chi connectivity index (χ1) is 7.25. The van der Waals surface area contributed by atoms with E-state index in [1.807, 2.05) is 0 Å². The van der Waals surface area contributed by atoms with Gasteiger partial charge < -0.3 is 11.1 Å². The normalized spacial score (nSPS) is 54.8. The average Bonchev–Trinajstić information content (AvgIpc) is 2.68. The molecule has 6 atom stereocenters. The molecule has 0 aromatic heterocycles. The molecule has 2 saturated carbocycles. The van der Waals surface area contributed by atoms with E-state index in [-0.39, 0.29) is 0 Å². The summed E-state index contributed by atoms with van der Waals surface area (Å²) in [5.74, 6) is 1.37. The predicted molar refractivity (Wildman–Crippen MR) is 63.0 cm³/mol. The third kappa shape index (κ3) is 1.71. The number of nitrogens with one attached hydrogen (secondary N) is 1. The van der Waals surface area contributed by atoms with E-state index in [4.69, 9.17) is 17.3 Å². The average molecular weight is 229 g/mol. The number of piperidine rings is 1. The van der Waals surface area contributed by atoms with E-state index in [0.717, 1.165) is 12.3 Å². The van der Waals surface area contributed by atoms with Gasteiger partial charge in [-0.05, 0) is 43.9 Å². The first kappa shape index (κ1) is 10.4. The molecular formula is C12H21ClN2. The molecule has 1 saturated heterocycles. The highest BCUT2D eigenvalue weighted by Crippen LogP contribution is 2.41. The van der Waals surface area contributed by atoms with Crippen LogP contribution in [0.4, 0.5) is 0 Å². The van der Waals surface area contributed by atoms with Crippen molar-refractivity contribution < 1.29 is 0 Å². The third-order valence-corrected chi connectivity index (χ3v) is 5.22. The van der Waals surface area contributed by atoms with Crippen LogP contribution < -0.4 is 11.1 Å². The molecule has 0 radical (unpaired) electrons. The Hall–Kier alpha value is 0.210. The molecule has 3 rings (SSSR count). The Kier molecular flexibility index (Phi) is 2.70. The molecule has 6 unspecified atom stereocenters. The van der Waals surface area contributed by atoms with Gasteiger partial charge in [-0.1, -0.05) is 6.42 Å². The van der Waals surface area contributed by atoms with Crippen LogP contribution >= 0.6 is 11.6 Å². The number of fused-ring (bicyclic) bond motifs is 2. The van der Waals surface area contributed by atoms with E-state index in [9.17, 15) is 0 Å². The van der Waals surface area contributed by atoms with Crippen molar-refractivity contribution in [1.82, 2.24) is 5.32 Å². The lowest BCUT2D eigenvalue weighted by Gasteiger charge is -2.47. The Bertz CT molecular complexity index is 246. The summed E-state index contributed by atoms with van der Waals surface area (Å²) in [5, 5.41) is 4.20. The van der Waals surface area contributed by atoms with Gasteiger partial charge in [-0.15, -0.1) is 11.6 Å². The molecule has 3 N–H and O–H groups in total. The summed E-state index contributed by atoms with van der Waals surface area (Å²) in [4.78, 5) is 0. The summed E-state index contributed by atoms with van der Waals surface area (Å²) >= 11 is 6.26. The molecule has 15 heavy (non-hydrogen) atoms. The van der Waals surface area contributed by atoms with Crippen LogP contribution in [0.15, 0.2) is 0 Å². The molecule has 0 amide bonds. The van der Waals surface area contributed by atoms with Gasteiger partial charge in [-0.25, -0.2) is 0 Å². The van der Waals surface area contributed by atoms with Crippen molar-refractivity contribution in [3.8, 4) is 0 Å². The zero-order valence-corrected chi connectivity index (χ0v) is 9.92. The van der Waals surface area contributed by atoms with Gasteiger partial charge in [-0.3, -0.25) is 0 Å². The van der Waals surface area contributed by atoms with Crippen molar-refractivity contribution in [3.63, 3.8) is 0 Å². The summed E-state index contributed by atoms with van der Waals surface area (Å²) in [6, 6.07) is 1.78. The second kappa shape index (κ2) is 3.90. The molecule has 2 aliphatic carbocycles. The lowest BCUT2D eigenvalue weighted by atomic mass is 9.71. The highest BCUT2D eigenvalue weighted by molar-refractivity contribution is 6.20. The summed E-state index contributed by atoms with van der Waals surface area (Å²) in [7, 11) is 0. The van der Waals surface area contributed by atoms with E-state index in [0.29, 0.717) is 29.4 Å². The second-order valence-electron chi connectivity index (χ2n) is 5.63. The van der Waals surface area contributed by atoms with E-state index in [1.165, 1.54) is 32.1 Å². The quantitative estimate of drug-likeness (QED) is 0.622. The van der Waals surface area contributed by atoms with Gasteiger partial charge in [0, 0.05) is 23.5 Å². The summed E-state index contributed by atoms with van der Waals surface area (Å²) < 4.78 is 0. The molecule has 0 aromatic rings. The molecule has 0 bridgehead atoms. The van der Waals surface area contributed by atoms with Crippen molar-refractivity contribution in [2.24, 2.45) is 17.6 Å². The minimum atomic E-state index is 0.372. The van der Waals surface area contributed by atoms with Crippen LogP contribution in [0.3, 0.4) is 0 Å². The maximum Gasteiger partial charge on any atom is 0.0340 e. The minimum absolute atomic E-state index is 0.372. The Morgan fingerprint density at radius 1 is 1.00 bits per heavy atom. The number of alkyl halides is 1. The predicted octanol–water partition coefficient (Wildman–Crippen LogP) is 1.86. The number of halogens is 1. The smallest absolute Gasteiger partial charge is 0.0340 e. The van der Waals surface area contributed by atoms with Gasteiger partial charge in [0.15, 0.2) is 0 Å². The van der Waals surface area contributed by atoms with Gasteiger partial charge in [-0.2, -0.15) is 0 Å². The van der Waals surface area contributed by atoms with Gasteiger partial charge in [0.05, 0.1) is 0 Å². The Morgan fingerprint density at radius 3 is 2.67 bits per heavy atom. The molecule has 1 aliphatic heterocycles. The van der Waals surface area contributed by atoms with Gasteiger partial charge in [0.1, 0.15) is 0 Å². The number of rotatable bonds is 0. The largest absolute Gasteiger partial charge is 0.327 e. The first-order valence-electron chi connectivity index (χ1n) is 6.41. The SMILES string of the molecule is NC1C2CCCC2NC2CCC(Cl)CC21. The Labute approximate surface area is 96.9 Å². The lowest BCUT2D eigenvalue weighted by Crippen LogP contribution is -2.62. The maximum absolute atomic E-state index is 6.44. The van der Waals surface area contributed by atoms with Crippen LogP contribution in [0.5, 0.6) is 0 Å². The Balaban J connectivity index is 1.77. The molecule has 1 heterocycles. The summed E-state index contributed by atoms with van der Waals surface area (Å²) in [5.41, 5.74) is 6.44. The van der Waals surface area contributed by atoms with Crippen molar-refractivity contribution >= 4 is 11.6 Å². The fourth-order valence-corrected chi connectivity index (χ4v) is 4.36. The Morgan fingerprint density at radius 2 is 1.80 bits per heavy atom. The van der Waals surface area contributed by atoms with Gasteiger partial charge >= 0.3 is 0 Å². The van der Waals surface area contributed by atoms with Crippen LogP contribution in [-0.4, -0.2) is 23.5 Å². The fourth-order valence-electron chi connectivity index (χ4n) is 4.03. The van der Waals surface area contributed by atoms with E-state index < -0.39 is 0 Å². The zero-order valence-electron chi connectivity index (χ0n) is 9.16. The van der Waals surface area contributed by atoms with Crippen LogP contribution in [0, 0.1) is 11.8 Å². The zero-order chi connectivity index (χ0) is 10.4. The molecule has 0 aromatic carbocycles. The monoisotopic (exact) mass is 228 g/mol. The molecule has 3 fully saturated rings. The van der Waals surface area contributed by atoms with Gasteiger partial charge in [0.2, 0.25) is 0 Å². The molecule has 2 nitrogen and oxygen atoms in total. The molecule has 3 aliphatic rings. The van der Waals surface area contributed by atoms with Crippen molar-refractivity contribution in [2.45, 2.75) is 62.0 Å².